The third-order valence-electron chi connectivity index (χ3n) is 4.21. The van der Waals surface area contributed by atoms with Gasteiger partial charge in [-0.05, 0) is 12.8 Å². The number of likely N-dealkylation sites (tertiary alicyclic amines) is 1. The van der Waals surface area contributed by atoms with Crippen LogP contribution in [0.15, 0.2) is 12.3 Å². The summed E-state index contributed by atoms with van der Waals surface area (Å²) < 4.78 is 28.8. The molecule has 0 bridgehead atoms. The Morgan fingerprint density at radius 1 is 1.32 bits per heavy atom. The molecule has 9 heteroatoms. The van der Waals surface area contributed by atoms with Gasteiger partial charge in [-0.3, -0.25) is 10.00 Å². The summed E-state index contributed by atoms with van der Waals surface area (Å²) in [6, 6.07) is 1.44. The van der Waals surface area contributed by atoms with Gasteiger partial charge < -0.3 is 4.90 Å². The molecule has 0 aromatic carbocycles. The summed E-state index contributed by atoms with van der Waals surface area (Å²) in [5.41, 5.74) is 0. The number of anilines is 1. The minimum atomic E-state index is -3.33. The lowest BCUT2D eigenvalue weighted by Gasteiger charge is -2.38. The maximum absolute atomic E-state index is 12.2. The summed E-state index contributed by atoms with van der Waals surface area (Å²) in [5.74, 6) is 0.461. The molecule has 122 valence electrons. The Labute approximate surface area is 129 Å². The van der Waals surface area contributed by atoms with Crippen LogP contribution in [0.2, 0.25) is 0 Å². The first-order chi connectivity index (χ1) is 10.4. The molecule has 1 aliphatic heterocycles. The number of aryl methyl sites for hydroxylation is 1. The fourth-order valence-electron chi connectivity index (χ4n) is 2.84. The molecule has 2 amide bonds. The normalized spacial score (nSPS) is 20.1. The fourth-order valence-corrected chi connectivity index (χ4v) is 4.49. The predicted octanol–water partition coefficient (Wildman–Crippen LogP) is 0.498. The fraction of sp³-hybridized carbons (Fsp3) is 0.692. The molecule has 0 atom stereocenters. The van der Waals surface area contributed by atoms with Crippen molar-refractivity contribution in [1.29, 1.82) is 0 Å². The van der Waals surface area contributed by atoms with Crippen molar-refractivity contribution in [2.75, 3.05) is 18.4 Å². The van der Waals surface area contributed by atoms with Crippen LogP contribution in [0.4, 0.5) is 10.6 Å². The number of hydrogen-bond donors (Lipinski definition) is 2. The number of sulfonamides is 1. The standard InChI is InChI=1S/C13H21N5O3S/c1-17-7-6-12(15-17)14-13(19)18-8-11(9-18)22(20,21)16-10-4-2-3-5-10/h6-7,10-11,16H,2-5,8-9H2,1H3,(H,14,15,19). The van der Waals surface area contributed by atoms with E-state index >= 15 is 0 Å². The highest BCUT2D eigenvalue weighted by Crippen LogP contribution is 2.22. The van der Waals surface area contributed by atoms with Crippen molar-refractivity contribution in [3.63, 3.8) is 0 Å². The zero-order valence-corrected chi connectivity index (χ0v) is 13.3. The molecule has 1 saturated carbocycles. The molecule has 0 radical (unpaired) electrons. The summed E-state index contributed by atoms with van der Waals surface area (Å²) in [6.07, 6.45) is 5.71. The highest BCUT2D eigenvalue weighted by molar-refractivity contribution is 7.90. The number of aromatic nitrogens is 2. The molecule has 3 rings (SSSR count). The van der Waals surface area contributed by atoms with Gasteiger partial charge in [0.05, 0.1) is 0 Å². The maximum Gasteiger partial charge on any atom is 0.323 e. The summed E-state index contributed by atoms with van der Waals surface area (Å²) in [6.45, 7) is 0.446. The van der Waals surface area contributed by atoms with Crippen LogP contribution in [0.5, 0.6) is 0 Å². The molecule has 8 nitrogen and oxygen atoms in total. The van der Waals surface area contributed by atoms with Gasteiger partial charge in [0.25, 0.3) is 0 Å². The quantitative estimate of drug-likeness (QED) is 0.841. The van der Waals surface area contributed by atoms with Gasteiger partial charge in [0, 0.05) is 38.4 Å². The molecule has 1 aromatic heterocycles. The Morgan fingerprint density at radius 3 is 2.59 bits per heavy atom. The second kappa shape index (κ2) is 5.88. The third-order valence-corrected chi connectivity index (χ3v) is 6.05. The van der Waals surface area contributed by atoms with Crippen LogP contribution in [0.3, 0.4) is 0 Å². The van der Waals surface area contributed by atoms with E-state index in [1.54, 1.807) is 24.0 Å². The van der Waals surface area contributed by atoms with E-state index in [0.717, 1.165) is 25.7 Å². The smallest absolute Gasteiger partial charge is 0.322 e. The Balaban J connectivity index is 1.49. The van der Waals surface area contributed by atoms with Crippen LogP contribution in [0, 0.1) is 0 Å². The van der Waals surface area contributed by atoms with Crippen molar-refractivity contribution in [2.45, 2.75) is 37.0 Å². The van der Waals surface area contributed by atoms with Crippen LogP contribution in [0.25, 0.3) is 0 Å². The number of rotatable bonds is 4. The van der Waals surface area contributed by atoms with Crippen molar-refractivity contribution < 1.29 is 13.2 Å². The SMILES string of the molecule is Cn1ccc(NC(=O)N2CC(S(=O)(=O)NC3CCCC3)C2)n1. The Hall–Kier alpha value is -1.61. The van der Waals surface area contributed by atoms with Gasteiger partial charge in [0.15, 0.2) is 5.82 Å². The van der Waals surface area contributed by atoms with E-state index in [1.165, 1.54) is 4.90 Å². The predicted molar refractivity (Wildman–Crippen MR) is 81.9 cm³/mol. The van der Waals surface area contributed by atoms with E-state index in [-0.39, 0.29) is 25.2 Å². The molecule has 0 spiro atoms. The van der Waals surface area contributed by atoms with E-state index in [2.05, 4.69) is 15.1 Å². The zero-order valence-electron chi connectivity index (χ0n) is 12.5. The van der Waals surface area contributed by atoms with Crippen LogP contribution in [0.1, 0.15) is 25.7 Å². The molecule has 2 fully saturated rings. The minimum Gasteiger partial charge on any atom is -0.322 e. The lowest BCUT2D eigenvalue weighted by molar-refractivity contribution is 0.182. The molecule has 0 unspecified atom stereocenters. The zero-order chi connectivity index (χ0) is 15.7. The van der Waals surface area contributed by atoms with Crippen LogP contribution in [-0.2, 0) is 17.1 Å². The lowest BCUT2D eigenvalue weighted by atomic mass is 10.2. The van der Waals surface area contributed by atoms with Crippen molar-refractivity contribution in [3.8, 4) is 0 Å². The van der Waals surface area contributed by atoms with Crippen LogP contribution >= 0.6 is 0 Å². The number of carbonyl (C=O) groups excluding carboxylic acids is 1. The molecule has 2 aliphatic rings. The van der Waals surface area contributed by atoms with Gasteiger partial charge in [0.2, 0.25) is 10.0 Å². The van der Waals surface area contributed by atoms with E-state index < -0.39 is 15.3 Å². The first-order valence-corrected chi connectivity index (χ1v) is 9.05. The van der Waals surface area contributed by atoms with E-state index in [9.17, 15) is 13.2 Å². The van der Waals surface area contributed by atoms with E-state index in [1.807, 2.05) is 0 Å². The van der Waals surface area contributed by atoms with Crippen molar-refractivity contribution >= 4 is 21.9 Å². The molecule has 22 heavy (non-hydrogen) atoms. The molecule has 2 N–H and O–H groups in total. The first kappa shape index (κ1) is 15.3. The number of urea groups is 1. The average Bonchev–Trinajstić information content (AvgIpc) is 2.98. The maximum atomic E-state index is 12.2. The van der Waals surface area contributed by atoms with Gasteiger partial charge in [-0.15, -0.1) is 0 Å². The summed E-state index contributed by atoms with van der Waals surface area (Å²) in [7, 11) is -1.57. The molecule has 2 heterocycles. The molecule has 1 saturated heterocycles. The van der Waals surface area contributed by atoms with Gasteiger partial charge in [0.1, 0.15) is 5.25 Å². The third kappa shape index (κ3) is 3.25. The first-order valence-electron chi connectivity index (χ1n) is 7.51. The largest absolute Gasteiger partial charge is 0.323 e. The van der Waals surface area contributed by atoms with Gasteiger partial charge in [-0.25, -0.2) is 17.9 Å². The summed E-state index contributed by atoms with van der Waals surface area (Å²) in [5, 5.41) is 6.19. The van der Waals surface area contributed by atoms with Crippen molar-refractivity contribution in [2.24, 2.45) is 7.05 Å². The highest BCUT2D eigenvalue weighted by Gasteiger charge is 2.41. The monoisotopic (exact) mass is 327 g/mol. The van der Waals surface area contributed by atoms with Crippen molar-refractivity contribution in [1.82, 2.24) is 19.4 Å². The molecular weight excluding hydrogens is 306 g/mol. The minimum absolute atomic E-state index is 0.0707. The second-order valence-electron chi connectivity index (χ2n) is 5.98. The average molecular weight is 327 g/mol. The number of carbonyl (C=O) groups is 1. The van der Waals surface area contributed by atoms with Gasteiger partial charge in [-0.2, -0.15) is 5.10 Å². The highest BCUT2D eigenvalue weighted by atomic mass is 32.2. The van der Waals surface area contributed by atoms with Gasteiger partial charge >= 0.3 is 6.03 Å². The molecular formula is C13H21N5O3S. The Kier molecular flexibility index (Phi) is 4.09. The van der Waals surface area contributed by atoms with E-state index in [4.69, 9.17) is 0 Å². The van der Waals surface area contributed by atoms with Gasteiger partial charge in [-0.1, -0.05) is 12.8 Å². The Morgan fingerprint density at radius 2 is 2.00 bits per heavy atom. The van der Waals surface area contributed by atoms with Crippen LogP contribution < -0.4 is 10.0 Å². The lowest BCUT2D eigenvalue weighted by Crippen LogP contribution is -2.61. The second-order valence-corrected chi connectivity index (χ2v) is 7.97. The number of hydrogen-bond acceptors (Lipinski definition) is 4. The number of nitrogens with zero attached hydrogens (tertiary/aromatic N) is 3. The Bertz CT molecular complexity index is 644. The topological polar surface area (TPSA) is 96.3 Å². The van der Waals surface area contributed by atoms with Crippen molar-refractivity contribution in [3.05, 3.63) is 12.3 Å². The van der Waals surface area contributed by atoms with E-state index in [0.29, 0.717) is 5.82 Å². The summed E-state index contributed by atoms with van der Waals surface area (Å²) in [4.78, 5) is 13.5. The molecule has 1 aromatic rings. The number of nitrogens with one attached hydrogen (secondary N) is 2. The summed E-state index contributed by atoms with van der Waals surface area (Å²) >= 11 is 0. The van der Waals surface area contributed by atoms with Crippen LogP contribution in [-0.4, -0.2) is 53.5 Å². The number of amides is 2. The molecule has 1 aliphatic carbocycles.